The summed E-state index contributed by atoms with van der Waals surface area (Å²) >= 11 is 7.33. The number of hydrogen-bond acceptors (Lipinski definition) is 5. The Morgan fingerprint density at radius 1 is 0.893 bits per heavy atom. The van der Waals surface area contributed by atoms with Gasteiger partial charge in [-0.15, -0.1) is 0 Å². The van der Waals surface area contributed by atoms with Crippen LogP contribution in [0.2, 0.25) is 5.02 Å². The van der Waals surface area contributed by atoms with E-state index in [-0.39, 0.29) is 0 Å². The molecule has 2 N–H and O–H groups in total. The monoisotopic (exact) mass is 429 g/mol. The van der Waals surface area contributed by atoms with Gasteiger partial charge in [-0.25, -0.2) is 0 Å². The highest BCUT2D eigenvalue weighted by atomic mass is 35.5. The van der Waals surface area contributed by atoms with E-state index in [0.29, 0.717) is 10.1 Å². The zero-order valence-corrected chi connectivity index (χ0v) is 17.4. The van der Waals surface area contributed by atoms with Crippen molar-refractivity contribution in [3.63, 3.8) is 0 Å². The predicted molar refractivity (Wildman–Crippen MR) is 117 cm³/mol. The van der Waals surface area contributed by atoms with Crippen LogP contribution >= 0.6 is 32.0 Å². The molecule has 0 saturated carbocycles. The van der Waals surface area contributed by atoms with E-state index in [1.165, 1.54) is 11.8 Å². The van der Waals surface area contributed by atoms with Crippen molar-refractivity contribution in [1.29, 1.82) is 0 Å². The Labute approximate surface area is 174 Å². The standard InChI is InChI=1S/C21H17ClNO3PS/c1-23-18-8-4-2-6-16(18)20(17-7-3-5-9-19(17)23)21(26-27(24)25)28-15-12-10-14(22)11-13-15/h2-13,24-25H,1H3. The van der Waals surface area contributed by atoms with Gasteiger partial charge in [0.1, 0.15) is 0 Å². The van der Waals surface area contributed by atoms with E-state index in [1.54, 1.807) is 12.1 Å². The second-order valence-corrected chi connectivity index (χ2v) is 8.33. The fourth-order valence-electron chi connectivity index (χ4n) is 3.25. The summed E-state index contributed by atoms with van der Waals surface area (Å²) in [6.07, 6.45) is 0. The maximum absolute atomic E-state index is 9.64. The van der Waals surface area contributed by atoms with Gasteiger partial charge in [0.15, 0.2) is 5.09 Å². The van der Waals surface area contributed by atoms with Gasteiger partial charge in [0.2, 0.25) is 0 Å². The molecule has 0 amide bonds. The average molecular weight is 430 g/mol. The lowest BCUT2D eigenvalue weighted by Crippen LogP contribution is -2.18. The van der Waals surface area contributed by atoms with Gasteiger partial charge >= 0.3 is 8.60 Å². The molecule has 0 saturated heterocycles. The molecule has 1 heterocycles. The lowest BCUT2D eigenvalue weighted by molar-refractivity contribution is 0.337. The number of benzene rings is 3. The number of rotatable bonds is 4. The molecule has 4 rings (SSSR count). The van der Waals surface area contributed by atoms with Crippen LogP contribution in [0.1, 0.15) is 11.1 Å². The second-order valence-electron chi connectivity index (χ2n) is 6.16. The van der Waals surface area contributed by atoms with Gasteiger partial charge < -0.3 is 19.2 Å². The summed E-state index contributed by atoms with van der Waals surface area (Å²) < 4.78 is 5.54. The quantitative estimate of drug-likeness (QED) is 0.295. The van der Waals surface area contributed by atoms with E-state index in [0.717, 1.165) is 33.0 Å². The molecule has 3 aromatic rings. The first kappa shape index (κ1) is 19.3. The van der Waals surface area contributed by atoms with Crippen LogP contribution in [0.3, 0.4) is 0 Å². The zero-order chi connectivity index (χ0) is 19.7. The molecule has 0 atom stereocenters. The van der Waals surface area contributed by atoms with E-state index in [4.69, 9.17) is 16.1 Å². The van der Waals surface area contributed by atoms with E-state index >= 15 is 0 Å². The van der Waals surface area contributed by atoms with Crippen LogP contribution in [0, 0.1) is 0 Å². The fraction of sp³-hybridized carbons (Fsp3) is 0.0476. The Morgan fingerprint density at radius 3 is 1.96 bits per heavy atom. The molecule has 0 unspecified atom stereocenters. The third-order valence-electron chi connectivity index (χ3n) is 4.46. The van der Waals surface area contributed by atoms with Crippen LogP contribution < -0.4 is 4.90 Å². The summed E-state index contributed by atoms with van der Waals surface area (Å²) in [5.74, 6) is 0. The minimum atomic E-state index is -2.58. The number of nitrogens with zero attached hydrogens (tertiary/aromatic N) is 1. The van der Waals surface area contributed by atoms with Crippen LogP contribution in [0.4, 0.5) is 11.4 Å². The van der Waals surface area contributed by atoms with Gasteiger partial charge in [-0.1, -0.05) is 59.8 Å². The molecular weight excluding hydrogens is 413 g/mol. The van der Waals surface area contributed by atoms with E-state index in [9.17, 15) is 9.79 Å². The Morgan fingerprint density at radius 2 is 1.43 bits per heavy atom. The van der Waals surface area contributed by atoms with Gasteiger partial charge in [0.25, 0.3) is 0 Å². The number of para-hydroxylation sites is 2. The van der Waals surface area contributed by atoms with Crippen molar-refractivity contribution in [2.24, 2.45) is 0 Å². The molecule has 1 aliphatic heterocycles. The molecule has 28 heavy (non-hydrogen) atoms. The zero-order valence-electron chi connectivity index (χ0n) is 14.9. The molecule has 142 valence electrons. The summed E-state index contributed by atoms with van der Waals surface area (Å²) in [4.78, 5) is 22.3. The Balaban J connectivity index is 1.94. The smallest absolute Gasteiger partial charge is 0.392 e. The SMILES string of the molecule is CN1c2ccccc2C(=C(OP(O)O)Sc2ccc(Cl)cc2)c2ccccc21. The topological polar surface area (TPSA) is 52.9 Å². The van der Waals surface area contributed by atoms with E-state index in [1.807, 2.05) is 67.7 Å². The van der Waals surface area contributed by atoms with Crippen molar-refractivity contribution in [3.05, 3.63) is 94.0 Å². The maximum Gasteiger partial charge on any atom is 0.392 e. The maximum atomic E-state index is 9.64. The summed E-state index contributed by atoms with van der Waals surface area (Å²) in [5, 5.41) is 1.08. The number of fused-ring (bicyclic) bond motifs is 2. The van der Waals surface area contributed by atoms with Crippen LogP contribution in [-0.2, 0) is 4.52 Å². The van der Waals surface area contributed by atoms with Crippen molar-refractivity contribution in [1.82, 2.24) is 0 Å². The first-order valence-electron chi connectivity index (χ1n) is 8.50. The normalized spacial score (nSPS) is 12.6. The van der Waals surface area contributed by atoms with Gasteiger partial charge in [-0.05, 0) is 36.4 Å². The van der Waals surface area contributed by atoms with Gasteiger partial charge in [-0.3, -0.25) is 0 Å². The molecule has 4 nitrogen and oxygen atoms in total. The summed E-state index contributed by atoms with van der Waals surface area (Å²) in [7, 11) is -0.555. The van der Waals surface area contributed by atoms with Crippen molar-refractivity contribution in [2.45, 2.75) is 4.90 Å². The van der Waals surface area contributed by atoms with Gasteiger partial charge in [0.05, 0.1) is 0 Å². The lowest BCUT2D eigenvalue weighted by Gasteiger charge is -2.32. The largest absolute Gasteiger partial charge is 0.419 e. The highest BCUT2D eigenvalue weighted by molar-refractivity contribution is 8.03. The van der Waals surface area contributed by atoms with E-state index < -0.39 is 8.60 Å². The average Bonchev–Trinajstić information content (AvgIpc) is 2.69. The number of hydrogen-bond donors (Lipinski definition) is 2. The summed E-state index contributed by atoms with van der Waals surface area (Å²) in [6, 6.07) is 23.3. The van der Waals surface area contributed by atoms with Crippen molar-refractivity contribution >= 4 is 48.9 Å². The molecule has 0 bridgehead atoms. The minimum absolute atomic E-state index is 0.437. The van der Waals surface area contributed by atoms with Crippen molar-refractivity contribution < 1.29 is 14.3 Å². The Bertz CT molecular complexity index is 990. The van der Waals surface area contributed by atoms with Crippen LogP contribution in [0.25, 0.3) is 5.57 Å². The third kappa shape index (κ3) is 3.77. The molecule has 0 radical (unpaired) electrons. The number of anilines is 2. The van der Waals surface area contributed by atoms with Crippen molar-refractivity contribution in [2.75, 3.05) is 11.9 Å². The first-order valence-corrected chi connectivity index (χ1v) is 10.9. The predicted octanol–water partition coefficient (Wildman–Crippen LogP) is 6.16. The Hall–Kier alpha value is -2.01. The minimum Gasteiger partial charge on any atom is -0.419 e. The first-order chi connectivity index (χ1) is 13.5. The number of halogens is 1. The van der Waals surface area contributed by atoms with Crippen molar-refractivity contribution in [3.8, 4) is 0 Å². The summed E-state index contributed by atoms with van der Waals surface area (Å²) in [6.45, 7) is 0. The molecule has 3 aromatic carbocycles. The van der Waals surface area contributed by atoms with Crippen LogP contribution in [-0.4, -0.2) is 16.8 Å². The molecule has 0 aliphatic carbocycles. The van der Waals surface area contributed by atoms with E-state index in [2.05, 4.69) is 4.90 Å². The molecule has 1 aliphatic rings. The Kier molecular flexibility index (Phi) is 5.63. The highest BCUT2D eigenvalue weighted by Gasteiger charge is 2.28. The number of thioether (sulfide) groups is 1. The van der Waals surface area contributed by atoms with Crippen LogP contribution in [0.15, 0.2) is 82.8 Å². The summed E-state index contributed by atoms with van der Waals surface area (Å²) in [5.41, 5.74) is 4.82. The lowest BCUT2D eigenvalue weighted by atomic mass is 9.91. The van der Waals surface area contributed by atoms with Gasteiger partial charge in [0, 0.05) is 45.0 Å². The molecule has 7 heteroatoms. The fourth-order valence-corrected chi connectivity index (χ4v) is 4.77. The molecule has 0 spiro atoms. The second kappa shape index (κ2) is 8.16. The molecule has 0 aromatic heterocycles. The van der Waals surface area contributed by atoms with Crippen LogP contribution in [0.5, 0.6) is 0 Å². The molecular formula is C21H17ClNO3PS. The third-order valence-corrected chi connectivity index (χ3v) is 6.16. The molecule has 0 fully saturated rings. The van der Waals surface area contributed by atoms with Gasteiger partial charge in [-0.2, -0.15) is 0 Å². The highest BCUT2D eigenvalue weighted by Crippen LogP contribution is 2.50.